The van der Waals surface area contributed by atoms with Crippen molar-refractivity contribution >= 4 is 17.6 Å². The van der Waals surface area contributed by atoms with Gasteiger partial charge in [-0.25, -0.2) is 4.98 Å². The Morgan fingerprint density at radius 3 is 2.80 bits per heavy atom. The summed E-state index contributed by atoms with van der Waals surface area (Å²) in [6.07, 6.45) is 5.95. The quantitative estimate of drug-likeness (QED) is 0.717. The standard InChI is InChI=1S/C12H20N2S/c1-3-4-5-8-15-10-11-6-7-12(13-2)14-9-11/h6-7,9H,3-5,8,10H2,1-2H3,(H,13,14). The Balaban J connectivity index is 2.20. The van der Waals surface area contributed by atoms with Crippen LogP contribution >= 0.6 is 11.8 Å². The van der Waals surface area contributed by atoms with Crippen molar-refractivity contribution in [3.8, 4) is 0 Å². The molecule has 15 heavy (non-hydrogen) atoms. The maximum absolute atomic E-state index is 4.29. The van der Waals surface area contributed by atoms with E-state index < -0.39 is 0 Å². The van der Waals surface area contributed by atoms with Crippen LogP contribution in [0.25, 0.3) is 0 Å². The summed E-state index contributed by atoms with van der Waals surface area (Å²) in [5, 5.41) is 3.02. The van der Waals surface area contributed by atoms with Crippen molar-refractivity contribution in [1.29, 1.82) is 0 Å². The van der Waals surface area contributed by atoms with Gasteiger partial charge in [-0.15, -0.1) is 0 Å². The van der Waals surface area contributed by atoms with E-state index in [2.05, 4.69) is 23.3 Å². The number of nitrogens with zero attached hydrogens (tertiary/aromatic N) is 1. The minimum absolute atomic E-state index is 0.940. The fourth-order valence-electron chi connectivity index (χ4n) is 1.30. The van der Waals surface area contributed by atoms with Crippen LogP contribution in [0.1, 0.15) is 31.7 Å². The number of thioether (sulfide) groups is 1. The Hall–Kier alpha value is -0.700. The summed E-state index contributed by atoms with van der Waals surface area (Å²) < 4.78 is 0. The van der Waals surface area contributed by atoms with Crippen molar-refractivity contribution in [2.45, 2.75) is 31.9 Å². The number of aromatic nitrogens is 1. The van der Waals surface area contributed by atoms with Gasteiger partial charge in [-0.05, 0) is 23.8 Å². The second-order valence-electron chi connectivity index (χ2n) is 3.56. The highest BCUT2D eigenvalue weighted by atomic mass is 32.2. The van der Waals surface area contributed by atoms with Gasteiger partial charge in [0.05, 0.1) is 0 Å². The number of pyridine rings is 1. The van der Waals surface area contributed by atoms with Crippen LogP contribution in [0, 0.1) is 0 Å². The fraction of sp³-hybridized carbons (Fsp3) is 0.583. The minimum Gasteiger partial charge on any atom is -0.373 e. The maximum atomic E-state index is 4.29. The molecule has 1 aromatic rings. The van der Waals surface area contributed by atoms with E-state index >= 15 is 0 Å². The minimum atomic E-state index is 0.940. The van der Waals surface area contributed by atoms with Crippen molar-refractivity contribution < 1.29 is 0 Å². The number of unbranched alkanes of at least 4 members (excludes halogenated alkanes) is 2. The first-order chi connectivity index (χ1) is 7.36. The van der Waals surface area contributed by atoms with Crippen LogP contribution in [0.3, 0.4) is 0 Å². The summed E-state index contributed by atoms with van der Waals surface area (Å²) in [5.41, 5.74) is 1.32. The van der Waals surface area contributed by atoms with Gasteiger partial charge in [0.15, 0.2) is 0 Å². The average molecular weight is 224 g/mol. The van der Waals surface area contributed by atoms with E-state index in [0.29, 0.717) is 0 Å². The van der Waals surface area contributed by atoms with Gasteiger partial charge >= 0.3 is 0 Å². The van der Waals surface area contributed by atoms with Crippen LogP contribution in [0.5, 0.6) is 0 Å². The molecule has 0 saturated carbocycles. The van der Waals surface area contributed by atoms with Crippen LogP contribution in [-0.2, 0) is 5.75 Å². The molecule has 3 heteroatoms. The molecule has 0 saturated heterocycles. The van der Waals surface area contributed by atoms with E-state index in [9.17, 15) is 0 Å². The molecule has 0 unspecified atom stereocenters. The first-order valence-corrected chi connectivity index (χ1v) is 6.72. The zero-order valence-electron chi connectivity index (χ0n) is 9.62. The molecule has 0 aliphatic carbocycles. The van der Waals surface area contributed by atoms with Gasteiger partial charge in [-0.1, -0.05) is 25.8 Å². The third-order valence-electron chi connectivity index (χ3n) is 2.24. The van der Waals surface area contributed by atoms with Gasteiger partial charge in [0.2, 0.25) is 0 Å². The van der Waals surface area contributed by atoms with Crippen molar-refractivity contribution in [2.75, 3.05) is 18.1 Å². The molecule has 0 aromatic carbocycles. The summed E-state index contributed by atoms with van der Waals surface area (Å²) in [6, 6.07) is 4.17. The van der Waals surface area contributed by atoms with Crippen LogP contribution in [0.2, 0.25) is 0 Å². The summed E-state index contributed by atoms with van der Waals surface area (Å²) in [5.74, 6) is 3.29. The van der Waals surface area contributed by atoms with Crippen LogP contribution in [0.4, 0.5) is 5.82 Å². The van der Waals surface area contributed by atoms with Crippen LogP contribution < -0.4 is 5.32 Å². The predicted octanol–water partition coefficient (Wildman–Crippen LogP) is 3.55. The SMILES string of the molecule is CCCCCSCc1ccc(NC)nc1. The van der Waals surface area contributed by atoms with Crippen LogP contribution in [0.15, 0.2) is 18.3 Å². The van der Waals surface area contributed by atoms with Crippen LogP contribution in [-0.4, -0.2) is 17.8 Å². The summed E-state index contributed by atoms with van der Waals surface area (Å²) in [7, 11) is 1.89. The lowest BCUT2D eigenvalue weighted by atomic mass is 10.3. The third-order valence-corrected chi connectivity index (χ3v) is 3.36. The molecule has 0 aliphatic rings. The smallest absolute Gasteiger partial charge is 0.125 e. The molecule has 2 nitrogen and oxygen atoms in total. The largest absolute Gasteiger partial charge is 0.373 e. The van der Waals surface area contributed by atoms with E-state index in [-0.39, 0.29) is 0 Å². The topological polar surface area (TPSA) is 24.9 Å². The van der Waals surface area contributed by atoms with Crippen molar-refractivity contribution in [1.82, 2.24) is 4.98 Å². The lowest BCUT2D eigenvalue weighted by Gasteiger charge is -2.03. The van der Waals surface area contributed by atoms with Gasteiger partial charge in [-0.2, -0.15) is 11.8 Å². The molecule has 0 radical (unpaired) electrons. The van der Waals surface area contributed by atoms with Gasteiger partial charge in [0.25, 0.3) is 0 Å². The number of nitrogens with one attached hydrogen (secondary N) is 1. The first kappa shape index (κ1) is 12.4. The molecule has 1 aromatic heterocycles. The monoisotopic (exact) mass is 224 g/mol. The molecule has 0 amide bonds. The van der Waals surface area contributed by atoms with E-state index in [1.807, 2.05) is 31.1 Å². The molecule has 0 fully saturated rings. The molecule has 1 rings (SSSR count). The van der Waals surface area contributed by atoms with E-state index in [4.69, 9.17) is 0 Å². The Labute approximate surface area is 96.9 Å². The number of hydrogen-bond acceptors (Lipinski definition) is 3. The third kappa shape index (κ3) is 5.07. The summed E-state index contributed by atoms with van der Waals surface area (Å²) in [4.78, 5) is 4.29. The number of anilines is 1. The predicted molar refractivity (Wildman–Crippen MR) is 69.5 cm³/mol. The molecule has 84 valence electrons. The van der Waals surface area contributed by atoms with E-state index in [0.717, 1.165) is 11.6 Å². The second kappa shape index (κ2) is 7.57. The fourth-order valence-corrected chi connectivity index (χ4v) is 2.26. The zero-order valence-corrected chi connectivity index (χ0v) is 10.4. The molecule has 0 bridgehead atoms. The summed E-state index contributed by atoms with van der Waals surface area (Å²) >= 11 is 2.00. The van der Waals surface area contributed by atoms with Crippen molar-refractivity contribution in [3.05, 3.63) is 23.9 Å². The molecular formula is C12H20N2S. The number of hydrogen-bond donors (Lipinski definition) is 1. The summed E-state index contributed by atoms with van der Waals surface area (Å²) in [6.45, 7) is 2.24. The molecule has 0 aliphatic heterocycles. The average Bonchev–Trinajstić information content (AvgIpc) is 2.30. The molecule has 1 N–H and O–H groups in total. The molecule has 1 heterocycles. The van der Waals surface area contributed by atoms with Crippen molar-refractivity contribution in [2.24, 2.45) is 0 Å². The molecule has 0 atom stereocenters. The Kier molecular flexibility index (Phi) is 6.25. The highest BCUT2D eigenvalue weighted by Gasteiger charge is 1.95. The normalized spacial score (nSPS) is 10.3. The first-order valence-electron chi connectivity index (χ1n) is 5.57. The van der Waals surface area contributed by atoms with Gasteiger partial charge < -0.3 is 5.32 Å². The van der Waals surface area contributed by atoms with Gasteiger partial charge in [-0.3, -0.25) is 0 Å². The van der Waals surface area contributed by atoms with Gasteiger partial charge in [0.1, 0.15) is 5.82 Å². The lowest BCUT2D eigenvalue weighted by Crippen LogP contribution is -1.92. The van der Waals surface area contributed by atoms with E-state index in [1.165, 1.54) is 30.6 Å². The molecular weight excluding hydrogens is 204 g/mol. The Morgan fingerprint density at radius 2 is 2.20 bits per heavy atom. The second-order valence-corrected chi connectivity index (χ2v) is 4.67. The van der Waals surface area contributed by atoms with Gasteiger partial charge in [0, 0.05) is 19.0 Å². The highest BCUT2D eigenvalue weighted by Crippen LogP contribution is 2.14. The Morgan fingerprint density at radius 1 is 1.33 bits per heavy atom. The zero-order chi connectivity index (χ0) is 10.9. The maximum Gasteiger partial charge on any atom is 0.125 e. The van der Waals surface area contributed by atoms with Crippen molar-refractivity contribution in [3.63, 3.8) is 0 Å². The Bertz CT molecular complexity index is 259. The highest BCUT2D eigenvalue weighted by molar-refractivity contribution is 7.98. The van der Waals surface area contributed by atoms with E-state index in [1.54, 1.807) is 0 Å². The molecule has 0 spiro atoms. The number of rotatable bonds is 7. The lowest BCUT2D eigenvalue weighted by molar-refractivity contribution is 0.778.